The quantitative estimate of drug-likeness (QED) is 0.0268. The predicted molar refractivity (Wildman–Crippen MR) is 229 cm³/mol. The largest absolute Gasteiger partial charge is 0.462 e. The number of rotatable bonds is 40. The molecule has 0 rings (SSSR count). The Morgan fingerprint density at radius 2 is 0.722 bits per heavy atom. The highest BCUT2D eigenvalue weighted by molar-refractivity contribution is 5.71. The van der Waals surface area contributed by atoms with Crippen molar-refractivity contribution in [2.75, 3.05) is 13.2 Å². The van der Waals surface area contributed by atoms with Crippen LogP contribution in [-0.2, 0) is 28.6 Å². The van der Waals surface area contributed by atoms with E-state index >= 15 is 0 Å². The van der Waals surface area contributed by atoms with Gasteiger partial charge in [-0.3, -0.25) is 14.4 Å². The first-order valence-corrected chi connectivity index (χ1v) is 22.6. The zero-order chi connectivity index (χ0) is 39.4. The molecule has 0 fully saturated rings. The number of allylic oxidation sites excluding steroid dienone is 8. The molecule has 0 saturated heterocycles. The summed E-state index contributed by atoms with van der Waals surface area (Å²) < 4.78 is 16.6. The maximum Gasteiger partial charge on any atom is 0.306 e. The third-order valence-electron chi connectivity index (χ3n) is 9.61. The van der Waals surface area contributed by atoms with Crippen LogP contribution >= 0.6 is 0 Å². The molecule has 1 unspecified atom stereocenters. The minimum absolute atomic E-state index is 0.0989. The van der Waals surface area contributed by atoms with Crippen LogP contribution in [0.3, 0.4) is 0 Å². The van der Waals surface area contributed by atoms with Crippen molar-refractivity contribution in [2.45, 2.75) is 226 Å². The van der Waals surface area contributed by atoms with E-state index in [1.807, 2.05) is 12.2 Å². The normalized spacial score (nSPS) is 12.4. The van der Waals surface area contributed by atoms with E-state index in [2.05, 4.69) is 57.2 Å². The van der Waals surface area contributed by atoms with Crippen molar-refractivity contribution in [1.82, 2.24) is 0 Å². The number of carbonyl (C=O) groups excluding carboxylic acids is 3. The van der Waals surface area contributed by atoms with Gasteiger partial charge >= 0.3 is 17.9 Å². The molecule has 6 nitrogen and oxygen atoms in total. The van der Waals surface area contributed by atoms with Crippen molar-refractivity contribution in [2.24, 2.45) is 0 Å². The van der Waals surface area contributed by atoms with Crippen molar-refractivity contribution >= 4 is 17.9 Å². The smallest absolute Gasteiger partial charge is 0.306 e. The van der Waals surface area contributed by atoms with Gasteiger partial charge in [0, 0.05) is 19.3 Å². The van der Waals surface area contributed by atoms with Crippen LogP contribution in [0.2, 0.25) is 0 Å². The minimum atomic E-state index is -0.803. The molecule has 0 aromatic carbocycles. The topological polar surface area (TPSA) is 78.9 Å². The molecule has 0 spiro atoms. The molecule has 0 bridgehead atoms. The van der Waals surface area contributed by atoms with Gasteiger partial charge in [0.25, 0.3) is 0 Å². The number of esters is 3. The second-order valence-electron chi connectivity index (χ2n) is 14.9. The summed E-state index contributed by atoms with van der Waals surface area (Å²) >= 11 is 0. The van der Waals surface area contributed by atoms with Crippen molar-refractivity contribution in [3.63, 3.8) is 0 Å². The third-order valence-corrected chi connectivity index (χ3v) is 9.61. The summed E-state index contributed by atoms with van der Waals surface area (Å²) in [6.45, 7) is 6.42. The zero-order valence-corrected chi connectivity index (χ0v) is 35.5. The van der Waals surface area contributed by atoms with Gasteiger partial charge in [-0.1, -0.05) is 204 Å². The fourth-order valence-corrected chi connectivity index (χ4v) is 6.22. The highest BCUT2D eigenvalue weighted by Crippen LogP contribution is 2.15. The van der Waals surface area contributed by atoms with Crippen LogP contribution in [0, 0.1) is 0 Å². The Morgan fingerprint density at radius 3 is 1.09 bits per heavy atom. The van der Waals surface area contributed by atoms with E-state index in [0.717, 1.165) is 64.2 Å². The van der Waals surface area contributed by atoms with Crippen molar-refractivity contribution in [3.05, 3.63) is 48.6 Å². The van der Waals surface area contributed by atoms with Crippen LogP contribution in [0.15, 0.2) is 48.6 Å². The van der Waals surface area contributed by atoms with E-state index in [1.165, 1.54) is 109 Å². The van der Waals surface area contributed by atoms with Crippen molar-refractivity contribution in [1.29, 1.82) is 0 Å². The predicted octanol–water partition coefficient (Wildman–Crippen LogP) is 14.4. The second-order valence-corrected chi connectivity index (χ2v) is 14.9. The first kappa shape index (κ1) is 51.4. The average molecular weight is 757 g/mol. The van der Waals surface area contributed by atoms with E-state index in [9.17, 15) is 14.4 Å². The van der Waals surface area contributed by atoms with Crippen LogP contribution < -0.4 is 0 Å². The lowest BCUT2D eigenvalue weighted by Crippen LogP contribution is -2.30. The maximum atomic E-state index is 12.6. The molecular formula is C48H84O6. The average Bonchev–Trinajstić information content (AvgIpc) is 3.17. The Labute approximate surface area is 333 Å². The molecule has 6 heteroatoms. The van der Waals surface area contributed by atoms with Crippen LogP contribution in [0.1, 0.15) is 220 Å². The lowest BCUT2D eigenvalue weighted by Gasteiger charge is -2.18. The number of ether oxygens (including phenoxy) is 3. The Bertz CT molecular complexity index is 964. The van der Waals surface area contributed by atoms with Gasteiger partial charge in [-0.2, -0.15) is 0 Å². The van der Waals surface area contributed by atoms with Crippen molar-refractivity contribution < 1.29 is 28.6 Å². The highest BCUT2D eigenvalue weighted by Gasteiger charge is 2.19. The summed E-state index contributed by atoms with van der Waals surface area (Å²) in [7, 11) is 0. The summed E-state index contributed by atoms with van der Waals surface area (Å²) in [5.74, 6) is -0.984. The molecule has 0 saturated carbocycles. The minimum Gasteiger partial charge on any atom is -0.462 e. The van der Waals surface area contributed by atoms with Gasteiger partial charge in [-0.15, -0.1) is 0 Å². The summed E-state index contributed by atoms with van der Waals surface area (Å²) in [5, 5.41) is 0. The first-order chi connectivity index (χ1) is 26.5. The molecule has 0 N–H and O–H groups in total. The highest BCUT2D eigenvalue weighted by atomic mass is 16.6. The Hall–Kier alpha value is -2.63. The molecular weight excluding hydrogens is 673 g/mol. The first-order valence-electron chi connectivity index (χ1n) is 22.6. The van der Waals surface area contributed by atoms with Gasteiger partial charge in [-0.25, -0.2) is 0 Å². The Kier molecular flexibility index (Phi) is 41.0. The fraction of sp³-hybridized carbons (Fsp3) is 0.771. The molecule has 0 aliphatic rings. The van der Waals surface area contributed by atoms with Crippen LogP contribution in [0.5, 0.6) is 0 Å². The maximum absolute atomic E-state index is 12.6. The zero-order valence-electron chi connectivity index (χ0n) is 35.5. The second kappa shape index (κ2) is 43.1. The SMILES string of the molecule is CC/C=C\C/C=C\C/C=C\C/C=C\CCC(=O)OC(COC(=O)CCCCCCCCCC)COC(=O)CCCCCCCCCCCCCCCCC. The summed E-state index contributed by atoms with van der Waals surface area (Å²) in [6, 6.07) is 0. The molecule has 0 heterocycles. The van der Waals surface area contributed by atoms with Gasteiger partial charge < -0.3 is 14.2 Å². The summed E-state index contributed by atoms with van der Waals surface area (Å²) in [4.78, 5) is 37.6. The number of hydrogen-bond acceptors (Lipinski definition) is 6. The lowest BCUT2D eigenvalue weighted by molar-refractivity contribution is -0.166. The van der Waals surface area contributed by atoms with E-state index in [1.54, 1.807) is 0 Å². The molecule has 0 aliphatic heterocycles. The summed E-state index contributed by atoms with van der Waals surface area (Å²) in [5.41, 5.74) is 0. The van der Waals surface area contributed by atoms with Gasteiger partial charge in [0.15, 0.2) is 6.10 Å². The molecule has 54 heavy (non-hydrogen) atoms. The van der Waals surface area contributed by atoms with Crippen LogP contribution in [0.25, 0.3) is 0 Å². The molecule has 0 aromatic heterocycles. The van der Waals surface area contributed by atoms with E-state index in [0.29, 0.717) is 19.3 Å². The van der Waals surface area contributed by atoms with E-state index < -0.39 is 6.10 Å². The Balaban J connectivity index is 4.40. The fourth-order valence-electron chi connectivity index (χ4n) is 6.22. The van der Waals surface area contributed by atoms with E-state index in [-0.39, 0.29) is 37.5 Å². The lowest BCUT2D eigenvalue weighted by atomic mass is 10.0. The van der Waals surface area contributed by atoms with Crippen LogP contribution in [0.4, 0.5) is 0 Å². The monoisotopic (exact) mass is 757 g/mol. The van der Waals surface area contributed by atoms with Gasteiger partial charge in [0.2, 0.25) is 0 Å². The third kappa shape index (κ3) is 40.6. The molecule has 1 atom stereocenters. The van der Waals surface area contributed by atoms with Gasteiger partial charge in [0.05, 0.1) is 0 Å². The molecule has 0 aromatic rings. The van der Waals surface area contributed by atoms with Gasteiger partial charge in [-0.05, 0) is 44.9 Å². The number of hydrogen-bond donors (Lipinski definition) is 0. The molecule has 312 valence electrons. The summed E-state index contributed by atoms with van der Waals surface area (Å²) in [6.07, 6.45) is 49.7. The number of unbranched alkanes of at least 4 members (excludes halogenated alkanes) is 21. The van der Waals surface area contributed by atoms with Gasteiger partial charge in [0.1, 0.15) is 13.2 Å². The Morgan fingerprint density at radius 1 is 0.389 bits per heavy atom. The molecule has 0 radical (unpaired) electrons. The standard InChI is InChI=1S/C48H84O6/c1-4-7-10-13-16-19-21-23-24-26-27-29-32-35-38-41-47(50)53-44-45(43-52-46(49)40-37-34-31-18-15-12-9-6-3)54-48(51)42-39-36-33-30-28-25-22-20-17-14-11-8-5-2/h8,11,17,20,25,28,33,36,45H,4-7,9-10,12-16,18-19,21-24,26-27,29-32,34-35,37-44H2,1-3H3/b11-8-,20-17-,28-25-,36-33-. The van der Waals surface area contributed by atoms with E-state index in [4.69, 9.17) is 14.2 Å². The number of carbonyl (C=O) groups is 3. The molecule has 0 aliphatic carbocycles. The van der Waals surface area contributed by atoms with Crippen LogP contribution in [-0.4, -0.2) is 37.2 Å². The molecule has 0 amide bonds. The van der Waals surface area contributed by atoms with Crippen molar-refractivity contribution in [3.8, 4) is 0 Å².